The van der Waals surface area contributed by atoms with Gasteiger partial charge in [-0.05, 0) is 58.8 Å². The van der Waals surface area contributed by atoms with Gasteiger partial charge in [-0.25, -0.2) is 4.79 Å². The fraction of sp³-hybridized carbons (Fsp3) is 0.694. The second-order valence-corrected chi connectivity index (χ2v) is 18.7. The lowest BCUT2D eigenvalue weighted by Crippen LogP contribution is -2.47. The van der Waals surface area contributed by atoms with E-state index in [0.29, 0.717) is 38.6 Å². The van der Waals surface area contributed by atoms with E-state index >= 15 is 0 Å². The number of carbonyl (C=O) groups excluding carboxylic acids is 12. The van der Waals surface area contributed by atoms with Crippen LogP contribution in [0.5, 0.6) is 0 Å². The lowest BCUT2D eigenvalue weighted by atomic mass is 9.93. The van der Waals surface area contributed by atoms with Gasteiger partial charge in [-0.2, -0.15) is 0 Å². The molecule has 0 aliphatic rings. The van der Waals surface area contributed by atoms with Crippen molar-refractivity contribution in [1.29, 1.82) is 0 Å². The summed E-state index contributed by atoms with van der Waals surface area (Å²) in [6, 6.07) is -4.27. The molecular formula is C49H78N8O18. The molecule has 0 aromatic rings. The van der Waals surface area contributed by atoms with Gasteiger partial charge in [0.15, 0.2) is 23.1 Å². The third-order valence-corrected chi connectivity index (χ3v) is 11.8. The van der Waals surface area contributed by atoms with E-state index in [-0.39, 0.29) is 108 Å². The second kappa shape index (κ2) is 37.8. The molecule has 0 aromatic heterocycles. The molecule has 7 atom stereocenters. The number of Topliss-reactive ketones (excluding diaryl/α,β-unsaturated/α-hetero) is 6. The van der Waals surface area contributed by atoms with Crippen molar-refractivity contribution >= 4 is 88.1 Å². The molecule has 0 saturated carbocycles. The van der Waals surface area contributed by atoms with Crippen LogP contribution in [0.25, 0.3) is 0 Å². The van der Waals surface area contributed by atoms with E-state index in [1.165, 1.54) is 27.7 Å². The van der Waals surface area contributed by atoms with Gasteiger partial charge in [0.2, 0.25) is 35.4 Å². The Morgan fingerprint density at radius 1 is 0.413 bits per heavy atom. The molecule has 7 unspecified atom stereocenters. The molecule has 26 nitrogen and oxygen atoms in total. The molecule has 13 N–H and O–H groups in total. The molecular weight excluding hydrogens is 989 g/mol. The maximum Gasteiger partial charge on any atom is 0.326 e. The number of unbranched alkanes of at least 4 members (excludes halogenated alkanes) is 3. The lowest BCUT2D eigenvalue weighted by Gasteiger charge is -2.20. The Balaban J connectivity index is 4.65. The predicted molar refractivity (Wildman–Crippen MR) is 266 cm³/mol. The first-order valence-corrected chi connectivity index (χ1v) is 25.1. The number of nitrogens with one attached hydrogen (secondary N) is 6. The molecule has 0 radical (unpaired) electrons. The average molecular weight is 1070 g/mol. The normalized spacial score (nSPS) is 13.7. The Labute approximate surface area is 435 Å². The first-order valence-electron chi connectivity index (χ1n) is 25.1. The summed E-state index contributed by atoms with van der Waals surface area (Å²) in [6.07, 6.45) is -0.862. The predicted octanol–water partition coefficient (Wildman–Crippen LogP) is -0.916. The van der Waals surface area contributed by atoms with Gasteiger partial charge in [0.05, 0.1) is 49.6 Å². The SMILES string of the molecule is CC(=O)NCCCCC(NC(=O)CCC(CC(=O)C(C)N)C(=O)O)C(=O)CC(C)C(=O)NCC(=O)CCC(=O)NCC(=O)CCC(=O)NCC(=O)CCCCCC(CC(=O)CCC(NC(=O)C(C)N)C(=O)O)C(=O)O. The molecule has 0 saturated heterocycles. The first-order chi connectivity index (χ1) is 35.1. The molecule has 422 valence electrons. The van der Waals surface area contributed by atoms with Crippen molar-refractivity contribution in [2.24, 2.45) is 29.2 Å². The average Bonchev–Trinajstić information content (AvgIpc) is 3.33. The van der Waals surface area contributed by atoms with Crippen molar-refractivity contribution in [2.75, 3.05) is 26.2 Å². The third-order valence-electron chi connectivity index (χ3n) is 11.8. The Morgan fingerprint density at radius 3 is 1.47 bits per heavy atom. The van der Waals surface area contributed by atoms with Crippen LogP contribution in [0.15, 0.2) is 0 Å². The Morgan fingerprint density at radius 2 is 0.947 bits per heavy atom. The summed E-state index contributed by atoms with van der Waals surface area (Å²) < 4.78 is 0. The summed E-state index contributed by atoms with van der Waals surface area (Å²) in [5.41, 5.74) is 11.0. The molecule has 26 heteroatoms. The smallest absolute Gasteiger partial charge is 0.326 e. The van der Waals surface area contributed by atoms with Crippen LogP contribution >= 0.6 is 0 Å². The zero-order valence-corrected chi connectivity index (χ0v) is 43.4. The summed E-state index contributed by atoms with van der Waals surface area (Å²) in [5, 5.41) is 43.0. The fourth-order valence-electron chi connectivity index (χ4n) is 7.05. The van der Waals surface area contributed by atoms with E-state index in [9.17, 15) is 87.2 Å². The first kappa shape index (κ1) is 68.2. The fourth-order valence-corrected chi connectivity index (χ4v) is 7.05. The molecule has 0 bridgehead atoms. The molecule has 6 amide bonds. The number of aliphatic carboxylic acids is 3. The van der Waals surface area contributed by atoms with Crippen molar-refractivity contribution in [3.8, 4) is 0 Å². The highest BCUT2D eigenvalue weighted by Crippen LogP contribution is 2.18. The topological polar surface area (TPSA) is 441 Å². The zero-order valence-electron chi connectivity index (χ0n) is 43.4. The molecule has 0 aliphatic heterocycles. The van der Waals surface area contributed by atoms with Gasteiger partial charge in [-0.1, -0.05) is 19.8 Å². The van der Waals surface area contributed by atoms with Gasteiger partial charge >= 0.3 is 17.9 Å². The number of carbonyl (C=O) groups is 15. The minimum absolute atomic E-state index is 0.0682. The highest BCUT2D eigenvalue weighted by atomic mass is 16.4. The van der Waals surface area contributed by atoms with Crippen LogP contribution in [0.1, 0.15) is 150 Å². The number of rotatable bonds is 44. The van der Waals surface area contributed by atoms with E-state index in [1.54, 1.807) is 0 Å². The number of hydrogen-bond donors (Lipinski definition) is 11. The summed E-state index contributed by atoms with van der Waals surface area (Å²) >= 11 is 0. The molecule has 0 rings (SSSR count). The second-order valence-electron chi connectivity index (χ2n) is 18.7. The van der Waals surface area contributed by atoms with Gasteiger partial charge in [-0.3, -0.25) is 67.1 Å². The third kappa shape index (κ3) is 33.6. The van der Waals surface area contributed by atoms with E-state index < -0.39 is 131 Å². The maximum atomic E-state index is 13.3. The van der Waals surface area contributed by atoms with Gasteiger partial charge < -0.3 is 58.7 Å². The zero-order chi connectivity index (χ0) is 57.2. The van der Waals surface area contributed by atoms with Crippen LogP contribution in [0.4, 0.5) is 0 Å². The Hall–Kier alpha value is -6.83. The van der Waals surface area contributed by atoms with Crippen molar-refractivity contribution in [3.63, 3.8) is 0 Å². The quantitative estimate of drug-likeness (QED) is 0.0329. The number of carboxylic acid groups (broad SMARTS) is 3. The Bertz CT molecular complexity index is 2030. The highest BCUT2D eigenvalue weighted by molar-refractivity contribution is 5.95. The van der Waals surface area contributed by atoms with E-state index in [0.717, 1.165) is 0 Å². The van der Waals surface area contributed by atoms with Gasteiger partial charge in [0.25, 0.3) is 0 Å². The molecule has 0 fully saturated rings. The summed E-state index contributed by atoms with van der Waals surface area (Å²) in [6.45, 7) is 4.64. The molecule has 0 aromatic carbocycles. The van der Waals surface area contributed by atoms with Crippen LogP contribution in [0.3, 0.4) is 0 Å². The van der Waals surface area contributed by atoms with Crippen molar-refractivity contribution in [2.45, 2.75) is 174 Å². The lowest BCUT2D eigenvalue weighted by molar-refractivity contribution is -0.145. The highest BCUT2D eigenvalue weighted by Gasteiger charge is 2.29. The summed E-state index contributed by atoms with van der Waals surface area (Å²) in [7, 11) is 0. The summed E-state index contributed by atoms with van der Waals surface area (Å²) in [4.78, 5) is 183. The number of amides is 6. The van der Waals surface area contributed by atoms with Crippen molar-refractivity contribution < 1.29 is 87.2 Å². The molecule has 75 heavy (non-hydrogen) atoms. The maximum absolute atomic E-state index is 13.3. The number of carboxylic acids is 3. The van der Waals surface area contributed by atoms with Gasteiger partial charge in [0.1, 0.15) is 17.6 Å². The molecule has 0 aliphatic carbocycles. The van der Waals surface area contributed by atoms with Crippen LogP contribution < -0.4 is 43.4 Å². The molecule has 0 heterocycles. The van der Waals surface area contributed by atoms with Crippen LogP contribution in [-0.2, 0) is 71.9 Å². The number of nitrogens with two attached hydrogens (primary N) is 2. The van der Waals surface area contributed by atoms with Crippen molar-refractivity contribution in [1.82, 2.24) is 31.9 Å². The van der Waals surface area contributed by atoms with Gasteiger partial charge in [-0.15, -0.1) is 0 Å². The minimum atomic E-state index is -1.36. The standard InChI is InChI=1S/C49H78N8O18/c1-28(22-41(64)38(12-8-9-21-52-31(4)58)56-44(67)18-13-33(48(72)73)24-40(63)29(2)50)45(68)55-27-37(62)16-20-43(66)54-26-36(61)15-19-42(65)53-25-35(60)11-7-5-6-10-32(47(70)71)23-34(59)14-17-39(49(74)75)57-46(69)30(3)51/h28-30,32-33,38-39H,5-27,50-51H2,1-4H3,(H,52,58)(H,53,65)(H,54,66)(H,55,68)(H,56,67)(H,57,69)(H,70,71)(H,72,73)(H,74,75). The monoisotopic (exact) mass is 1070 g/mol. The number of ketones is 6. The largest absolute Gasteiger partial charge is 0.481 e. The molecule has 0 spiro atoms. The van der Waals surface area contributed by atoms with Crippen molar-refractivity contribution in [3.05, 3.63) is 0 Å². The van der Waals surface area contributed by atoms with Crippen LogP contribution in [0, 0.1) is 17.8 Å². The van der Waals surface area contributed by atoms with E-state index in [1.807, 2.05) is 0 Å². The summed E-state index contributed by atoms with van der Waals surface area (Å²) in [5.74, 6) is -13.4. The minimum Gasteiger partial charge on any atom is -0.481 e. The van der Waals surface area contributed by atoms with E-state index in [2.05, 4.69) is 31.9 Å². The van der Waals surface area contributed by atoms with Crippen LogP contribution in [-0.4, -0.2) is 154 Å². The van der Waals surface area contributed by atoms with Crippen LogP contribution in [0.2, 0.25) is 0 Å². The van der Waals surface area contributed by atoms with Gasteiger partial charge in [0, 0.05) is 83.6 Å². The Kier molecular flexibility index (Phi) is 34.4. The van der Waals surface area contributed by atoms with E-state index in [4.69, 9.17) is 11.5 Å². The number of hydrogen-bond acceptors (Lipinski definition) is 17.